The normalized spacial score (nSPS) is 17.0. The first kappa shape index (κ1) is 19.2. The van der Waals surface area contributed by atoms with Crippen LogP contribution in [0.5, 0.6) is 0 Å². The molecule has 2 aromatic heterocycles. The molecule has 1 aliphatic heterocycles. The fraction of sp³-hybridized carbons (Fsp3) is 0.316. The number of nitrogens with zero attached hydrogens (tertiary/aromatic N) is 2. The lowest BCUT2D eigenvalue weighted by Crippen LogP contribution is -2.40. The van der Waals surface area contributed by atoms with Crippen LogP contribution < -0.4 is 16.2 Å². The highest BCUT2D eigenvalue weighted by atomic mass is 19.4. The van der Waals surface area contributed by atoms with Crippen molar-refractivity contribution in [3.63, 3.8) is 0 Å². The molecule has 7 nitrogen and oxygen atoms in total. The van der Waals surface area contributed by atoms with Gasteiger partial charge in [0.25, 0.3) is 11.5 Å². The van der Waals surface area contributed by atoms with Gasteiger partial charge in [0.1, 0.15) is 11.3 Å². The van der Waals surface area contributed by atoms with Gasteiger partial charge in [-0.25, -0.2) is 4.98 Å². The lowest BCUT2D eigenvalue weighted by atomic mass is 10.1. The second-order valence-electron chi connectivity index (χ2n) is 6.93. The predicted molar refractivity (Wildman–Crippen MR) is 99.7 cm³/mol. The zero-order chi connectivity index (χ0) is 20.8. The van der Waals surface area contributed by atoms with Crippen LogP contribution in [0.3, 0.4) is 0 Å². The number of benzene rings is 1. The Morgan fingerprint density at radius 1 is 1.28 bits per heavy atom. The van der Waals surface area contributed by atoms with Gasteiger partial charge >= 0.3 is 6.18 Å². The Hall–Kier alpha value is -3.14. The standard InChI is InChI=1S/C19H18F3N5O2/c1-10-13(17(28)25-12-7-8-23-9-12)18(29)27-16(24-10)14(11-5-3-2-4-6-11)15(26-27)19(20,21)22/h2-6,12,23,26H,7-9H2,1H3,(H,25,28). The number of aromatic amines is 1. The van der Waals surface area contributed by atoms with Crippen LogP contribution in [0.15, 0.2) is 35.1 Å². The first-order valence-electron chi connectivity index (χ1n) is 9.07. The number of hydrogen-bond donors (Lipinski definition) is 3. The van der Waals surface area contributed by atoms with Gasteiger partial charge in [-0.2, -0.15) is 17.7 Å². The lowest BCUT2D eigenvalue weighted by Gasteiger charge is -2.12. The van der Waals surface area contributed by atoms with Gasteiger partial charge in [0.2, 0.25) is 0 Å². The first-order valence-corrected chi connectivity index (χ1v) is 9.07. The van der Waals surface area contributed by atoms with E-state index in [0.717, 1.165) is 6.54 Å². The van der Waals surface area contributed by atoms with Gasteiger partial charge in [-0.05, 0) is 25.5 Å². The molecule has 0 saturated carbocycles. The summed E-state index contributed by atoms with van der Waals surface area (Å²) in [5, 5.41) is 7.93. The maximum absolute atomic E-state index is 13.7. The third-order valence-electron chi connectivity index (χ3n) is 4.93. The molecule has 1 saturated heterocycles. The molecule has 29 heavy (non-hydrogen) atoms. The molecule has 4 rings (SSSR count). The number of aromatic nitrogens is 3. The van der Waals surface area contributed by atoms with Crippen molar-refractivity contribution in [2.24, 2.45) is 0 Å². The van der Waals surface area contributed by atoms with E-state index in [1.165, 1.54) is 19.1 Å². The van der Waals surface area contributed by atoms with Crippen molar-refractivity contribution in [1.29, 1.82) is 0 Å². The van der Waals surface area contributed by atoms with Crippen LogP contribution in [0.2, 0.25) is 0 Å². The van der Waals surface area contributed by atoms with Crippen molar-refractivity contribution in [3.05, 3.63) is 57.6 Å². The summed E-state index contributed by atoms with van der Waals surface area (Å²) in [5.74, 6) is -0.646. The van der Waals surface area contributed by atoms with Crippen molar-refractivity contribution in [3.8, 4) is 11.1 Å². The van der Waals surface area contributed by atoms with Gasteiger partial charge in [0, 0.05) is 12.6 Å². The Bertz CT molecular complexity index is 1130. The van der Waals surface area contributed by atoms with Crippen molar-refractivity contribution in [2.45, 2.75) is 25.6 Å². The summed E-state index contributed by atoms with van der Waals surface area (Å²) in [4.78, 5) is 29.8. The molecule has 1 unspecified atom stereocenters. The van der Waals surface area contributed by atoms with Crippen LogP contribution in [-0.4, -0.2) is 39.6 Å². The number of rotatable bonds is 3. The average molecular weight is 405 g/mol. The van der Waals surface area contributed by atoms with Crippen molar-refractivity contribution < 1.29 is 18.0 Å². The highest BCUT2D eigenvalue weighted by Crippen LogP contribution is 2.38. The molecule has 0 bridgehead atoms. The number of nitrogens with one attached hydrogen (secondary N) is 3. The Labute approximate surface area is 162 Å². The number of alkyl halides is 3. The van der Waals surface area contributed by atoms with E-state index in [1.807, 2.05) is 0 Å². The van der Waals surface area contributed by atoms with E-state index in [-0.39, 0.29) is 34.1 Å². The minimum absolute atomic E-state index is 0.0726. The molecule has 1 atom stereocenters. The summed E-state index contributed by atoms with van der Waals surface area (Å²) in [5.41, 5.74) is -2.31. The second kappa shape index (κ2) is 7.03. The molecule has 1 aromatic carbocycles. The van der Waals surface area contributed by atoms with Gasteiger partial charge in [-0.3, -0.25) is 14.7 Å². The van der Waals surface area contributed by atoms with Gasteiger partial charge in [-0.1, -0.05) is 30.3 Å². The maximum atomic E-state index is 13.7. The molecule has 3 heterocycles. The fourth-order valence-corrected chi connectivity index (χ4v) is 3.56. The molecule has 1 fully saturated rings. The summed E-state index contributed by atoms with van der Waals surface area (Å²) in [6, 6.07) is 7.75. The van der Waals surface area contributed by atoms with Gasteiger partial charge in [0.15, 0.2) is 5.65 Å². The third-order valence-corrected chi connectivity index (χ3v) is 4.93. The number of carbonyl (C=O) groups is 1. The zero-order valence-corrected chi connectivity index (χ0v) is 15.4. The number of fused-ring (bicyclic) bond motifs is 1. The minimum Gasteiger partial charge on any atom is -0.348 e. The Balaban J connectivity index is 1.91. The van der Waals surface area contributed by atoms with E-state index >= 15 is 0 Å². The Morgan fingerprint density at radius 3 is 2.62 bits per heavy atom. The minimum atomic E-state index is -4.74. The number of halogens is 3. The van der Waals surface area contributed by atoms with Gasteiger partial charge in [-0.15, -0.1) is 0 Å². The van der Waals surface area contributed by atoms with Crippen molar-refractivity contribution in [1.82, 2.24) is 25.2 Å². The number of H-pyrrole nitrogens is 1. The Kier molecular flexibility index (Phi) is 4.65. The summed E-state index contributed by atoms with van der Waals surface area (Å²) >= 11 is 0. The van der Waals surface area contributed by atoms with Gasteiger partial charge in [0.05, 0.1) is 11.3 Å². The van der Waals surface area contributed by atoms with Crippen molar-refractivity contribution in [2.75, 3.05) is 13.1 Å². The summed E-state index contributed by atoms with van der Waals surface area (Å²) in [6.07, 6.45) is -4.03. The van der Waals surface area contributed by atoms with Crippen LogP contribution in [0.25, 0.3) is 16.8 Å². The van der Waals surface area contributed by atoms with E-state index in [0.29, 0.717) is 17.5 Å². The highest BCUT2D eigenvalue weighted by molar-refractivity contribution is 5.95. The highest BCUT2D eigenvalue weighted by Gasteiger charge is 2.38. The largest absolute Gasteiger partial charge is 0.433 e. The molecule has 3 N–H and O–H groups in total. The number of aryl methyl sites for hydroxylation is 1. The Morgan fingerprint density at radius 2 is 2.00 bits per heavy atom. The number of hydrogen-bond acceptors (Lipinski definition) is 4. The molecule has 0 radical (unpaired) electrons. The SMILES string of the molecule is Cc1nc2c(-c3ccccc3)c(C(F)(F)F)[nH]n2c(=O)c1C(=O)NC1CCNC1. The zero-order valence-electron chi connectivity index (χ0n) is 15.4. The van der Waals surface area contributed by atoms with E-state index < -0.39 is 23.3 Å². The third kappa shape index (κ3) is 3.39. The summed E-state index contributed by atoms with van der Waals surface area (Å²) in [6.45, 7) is 2.76. The molecule has 3 aromatic rings. The molecular weight excluding hydrogens is 387 g/mol. The quantitative estimate of drug-likeness (QED) is 0.623. The molecule has 0 aliphatic carbocycles. The molecular formula is C19H18F3N5O2. The monoisotopic (exact) mass is 405 g/mol. The van der Waals surface area contributed by atoms with Crippen LogP contribution >= 0.6 is 0 Å². The molecule has 0 spiro atoms. The fourth-order valence-electron chi connectivity index (χ4n) is 3.56. The molecule has 1 aliphatic rings. The average Bonchev–Trinajstić information content (AvgIpc) is 3.29. The topological polar surface area (TPSA) is 91.3 Å². The van der Waals surface area contributed by atoms with Crippen LogP contribution in [0, 0.1) is 6.92 Å². The lowest BCUT2D eigenvalue weighted by molar-refractivity contribution is -0.140. The number of amides is 1. The first-order chi connectivity index (χ1) is 13.8. The molecule has 1 amide bonds. The maximum Gasteiger partial charge on any atom is 0.433 e. The number of carbonyl (C=O) groups excluding carboxylic acids is 1. The van der Waals surface area contributed by atoms with E-state index in [9.17, 15) is 22.8 Å². The predicted octanol–water partition coefficient (Wildman–Crippen LogP) is 2.11. The summed E-state index contributed by atoms with van der Waals surface area (Å²) < 4.78 is 41.7. The van der Waals surface area contributed by atoms with Crippen LogP contribution in [0.4, 0.5) is 13.2 Å². The summed E-state index contributed by atoms with van der Waals surface area (Å²) in [7, 11) is 0. The van der Waals surface area contributed by atoms with E-state index in [1.54, 1.807) is 18.2 Å². The smallest absolute Gasteiger partial charge is 0.348 e. The molecule has 152 valence electrons. The van der Waals surface area contributed by atoms with E-state index in [4.69, 9.17) is 0 Å². The molecule has 10 heteroatoms. The van der Waals surface area contributed by atoms with Crippen LogP contribution in [-0.2, 0) is 6.18 Å². The second-order valence-corrected chi connectivity index (χ2v) is 6.93. The van der Waals surface area contributed by atoms with Gasteiger partial charge < -0.3 is 10.6 Å². The van der Waals surface area contributed by atoms with Crippen LogP contribution in [0.1, 0.15) is 28.2 Å². The van der Waals surface area contributed by atoms with E-state index in [2.05, 4.69) is 20.7 Å². The van der Waals surface area contributed by atoms with Crippen molar-refractivity contribution >= 4 is 11.6 Å².